The number of carbonyl (C=O) groups excluding carboxylic acids is 1. The first-order valence-corrected chi connectivity index (χ1v) is 7.99. The van der Waals surface area contributed by atoms with Crippen molar-refractivity contribution in [3.8, 4) is 11.5 Å². The van der Waals surface area contributed by atoms with Crippen molar-refractivity contribution in [3.05, 3.63) is 59.2 Å². The van der Waals surface area contributed by atoms with E-state index in [-0.39, 0.29) is 12.1 Å². The van der Waals surface area contributed by atoms with Gasteiger partial charge in [-0.25, -0.2) is 0 Å². The van der Waals surface area contributed by atoms with Crippen molar-refractivity contribution in [3.63, 3.8) is 0 Å². The predicted molar refractivity (Wildman–Crippen MR) is 84.9 cm³/mol. The highest BCUT2D eigenvalue weighted by Gasteiger charge is 2.23. The van der Waals surface area contributed by atoms with Gasteiger partial charge in [0.1, 0.15) is 18.1 Å². The van der Waals surface area contributed by atoms with Gasteiger partial charge in [0.2, 0.25) is 0 Å². The molecule has 1 atom stereocenters. The topological polar surface area (TPSA) is 44.8 Å². The number of fused-ring (bicyclic) bond motifs is 2. The van der Waals surface area contributed by atoms with E-state index in [4.69, 9.17) is 14.2 Å². The summed E-state index contributed by atoms with van der Waals surface area (Å²) in [5.74, 6) is 1.22. The molecule has 4 nitrogen and oxygen atoms in total. The first-order valence-electron chi connectivity index (χ1n) is 7.99. The fraction of sp³-hybridized carbons (Fsp3) is 0.316. The lowest BCUT2D eigenvalue weighted by molar-refractivity contribution is -0.105. The van der Waals surface area contributed by atoms with Crippen LogP contribution in [0.15, 0.2) is 42.5 Å². The van der Waals surface area contributed by atoms with Crippen molar-refractivity contribution >= 4 is 5.78 Å². The van der Waals surface area contributed by atoms with Gasteiger partial charge >= 0.3 is 0 Å². The highest BCUT2D eigenvalue weighted by molar-refractivity contribution is 6.12. The third-order valence-corrected chi connectivity index (χ3v) is 4.25. The standard InChI is InChI=1S/C19H18O4/c20-19-15-6-2-1-5-13(15)12-22-17-9-8-14(11-16(17)19)23-18-7-3-4-10-21-18/h1-2,5-6,8-9,11,18H,3-4,7,10,12H2. The van der Waals surface area contributed by atoms with Crippen LogP contribution in [0.1, 0.15) is 40.7 Å². The predicted octanol–water partition coefficient (Wildman–Crippen LogP) is 3.72. The van der Waals surface area contributed by atoms with E-state index in [0.29, 0.717) is 29.2 Å². The summed E-state index contributed by atoms with van der Waals surface area (Å²) in [7, 11) is 0. The molecule has 0 spiro atoms. The minimum atomic E-state index is -0.226. The molecular formula is C19H18O4. The summed E-state index contributed by atoms with van der Waals surface area (Å²) in [6.07, 6.45) is 2.83. The van der Waals surface area contributed by atoms with Crippen LogP contribution in [0.3, 0.4) is 0 Å². The van der Waals surface area contributed by atoms with Gasteiger partial charge in [0, 0.05) is 17.5 Å². The lowest BCUT2D eigenvalue weighted by Gasteiger charge is -2.23. The van der Waals surface area contributed by atoms with Gasteiger partial charge < -0.3 is 14.2 Å². The maximum Gasteiger partial charge on any atom is 0.199 e. The molecule has 0 aliphatic carbocycles. The molecule has 0 radical (unpaired) electrons. The molecule has 2 aliphatic heterocycles. The highest BCUT2D eigenvalue weighted by atomic mass is 16.7. The van der Waals surface area contributed by atoms with Gasteiger partial charge in [-0.3, -0.25) is 4.79 Å². The maximum absolute atomic E-state index is 12.8. The van der Waals surface area contributed by atoms with E-state index in [9.17, 15) is 4.79 Å². The summed E-state index contributed by atoms with van der Waals surface area (Å²) in [6, 6.07) is 13.0. The van der Waals surface area contributed by atoms with Crippen molar-refractivity contribution in [2.24, 2.45) is 0 Å². The van der Waals surface area contributed by atoms with Gasteiger partial charge in [-0.05, 0) is 31.0 Å². The summed E-state index contributed by atoms with van der Waals surface area (Å²) >= 11 is 0. The number of hydrogen-bond acceptors (Lipinski definition) is 4. The van der Waals surface area contributed by atoms with Crippen LogP contribution in [0.4, 0.5) is 0 Å². The molecule has 2 aromatic carbocycles. The van der Waals surface area contributed by atoms with Crippen LogP contribution >= 0.6 is 0 Å². The van der Waals surface area contributed by atoms with Gasteiger partial charge in [0.15, 0.2) is 12.1 Å². The lowest BCUT2D eigenvalue weighted by atomic mass is 9.99. The number of rotatable bonds is 2. The Kier molecular flexibility index (Phi) is 3.75. The zero-order chi connectivity index (χ0) is 15.6. The van der Waals surface area contributed by atoms with Crippen molar-refractivity contribution in [2.45, 2.75) is 32.2 Å². The molecule has 4 rings (SSSR count). The summed E-state index contributed by atoms with van der Waals surface area (Å²) < 4.78 is 17.2. The number of ether oxygens (including phenoxy) is 3. The molecule has 0 saturated carbocycles. The monoisotopic (exact) mass is 310 g/mol. The normalized spacial score (nSPS) is 20.0. The minimum Gasteiger partial charge on any atom is -0.488 e. The lowest BCUT2D eigenvalue weighted by Crippen LogP contribution is -2.25. The Labute approximate surface area is 135 Å². The number of benzene rings is 2. The molecule has 1 unspecified atom stereocenters. The second-order valence-electron chi connectivity index (χ2n) is 5.85. The summed E-state index contributed by atoms with van der Waals surface area (Å²) in [5.41, 5.74) is 2.15. The van der Waals surface area contributed by atoms with Gasteiger partial charge in [0.05, 0.1) is 12.2 Å². The molecule has 0 aromatic heterocycles. The molecule has 0 bridgehead atoms. The first kappa shape index (κ1) is 14.3. The van der Waals surface area contributed by atoms with Crippen molar-refractivity contribution in [2.75, 3.05) is 6.61 Å². The Hall–Kier alpha value is -2.33. The SMILES string of the molecule is O=C1c2ccccc2COc2ccc(OC3CCCCO3)cc21. The molecule has 23 heavy (non-hydrogen) atoms. The molecule has 2 aromatic rings. The van der Waals surface area contributed by atoms with Crippen molar-refractivity contribution in [1.29, 1.82) is 0 Å². The van der Waals surface area contributed by atoms with Gasteiger partial charge in [-0.15, -0.1) is 0 Å². The van der Waals surface area contributed by atoms with E-state index in [1.54, 1.807) is 12.1 Å². The average Bonchev–Trinajstić information content (AvgIpc) is 2.74. The first-order chi connectivity index (χ1) is 11.3. The molecule has 2 aliphatic rings. The average molecular weight is 310 g/mol. The van der Waals surface area contributed by atoms with E-state index >= 15 is 0 Å². The van der Waals surface area contributed by atoms with E-state index in [0.717, 1.165) is 31.4 Å². The zero-order valence-corrected chi connectivity index (χ0v) is 12.8. The molecule has 4 heteroatoms. The van der Waals surface area contributed by atoms with E-state index in [1.807, 2.05) is 30.3 Å². The Bertz CT molecular complexity index is 732. The zero-order valence-electron chi connectivity index (χ0n) is 12.8. The van der Waals surface area contributed by atoms with E-state index < -0.39 is 0 Å². The van der Waals surface area contributed by atoms with Crippen molar-refractivity contribution in [1.82, 2.24) is 0 Å². The van der Waals surface area contributed by atoms with Crippen LogP contribution in [0.25, 0.3) is 0 Å². The molecule has 1 fully saturated rings. The van der Waals surface area contributed by atoms with Gasteiger partial charge in [-0.2, -0.15) is 0 Å². The van der Waals surface area contributed by atoms with Crippen LogP contribution in [0.5, 0.6) is 11.5 Å². The summed E-state index contributed by atoms with van der Waals surface area (Å²) in [6.45, 7) is 1.13. The molecule has 2 heterocycles. The van der Waals surface area contributed by atoms with Gasteiger partial charge in [-0.1, -0.05) is 24.3 Å². The third kappa shape index (κ3) is 2.82. The minimum absolute atomic E-state index is 0.0249. The fourth-order valence-electron chi connectivity index (χ4n) is 3.01. The van der Waals surface area contributed by atoms with Crippen molar-refractivity contribution < 1.29 is 19.0 Å². The number of hydrogen-bond donors (Lipinski definition) is 0. The van der Waals surface area contributed by atoms with Crippen LogP contribution < -0.4 is 9.47 Å². The van der Waals surface area contributed by atoms with E-state index in [2.05, 4.69) is 0 Å². The Morgan fingerprint density at radius 2 is 1.96 bits per heavy atom. The maximum atomic E-state index is 12.8. The molecular weight excluding hydrogens is 292 g/mol. The summed E-state index contributed by atoms with van der Waals surface area (Å²) in [5, 5.41) is 0. The Morgan fingerprint density at radius 1 is 1.04 bits per heavy atom. The highest BCUT2D eigenvalue weighted by Crippen LogP contribution is 2.32. The number of carbonyl (C=O) groups is 1. The quantitative estimate of drug-likeness (QED) is 0.848. The third-order valence-electron chi connectivity index (χ3n) is 4.25. The molecule has 0 amide bonds. The van der Waals surface area contributed by atoms with Crippen LogP contribution in [-0.4, -0.2) is 18.7 Å². The Morgan fingerprint density at radius 3 is 2.83 bits per heavy atom. The van der Waals surface area contributed by atoms with E-state index in [1.165, 1.54) is 0 Å². The van der Waals surface area contributed by atoms with Gasteiger partial charge in [0.25, 0.3) is 0 Å². The molecule has 1 saturated heterocycles. The second kappa shape index (κ2) is 6.05. The van der Waals surface area contributed by atoms with Crippen LogP contribution in [0.2, 0.25) is 0 Å². The molecule has 118 valence electrons. The Balaban J connectivity index is 1.64. The van der Waals surface area contributed by atoms with Crippen LogP contribution in [0, 0.1) is 0 Å². The molecule has 0 N–H and O–H groups in total. The fourth-order valence-corrected chi connectivity index (χ4v) is 3.01. The largest absolute Gasteiger partial charge is 0.488 e. The summed E-state index contributed by atoms with van der Waals surface area (Å²) in [4.78, 5) is 12.8. The smallest absolute Gasteiger partial charge is 0.199 e. The second-order valence-corrected chi connectivity index (χ2v) is 5.85. The number of ketones is 1. The van der Waals surface area contributed by atoms with Crippen LogP contribution in [-0.2, 0) is 11.3 Å².